The Bertz CT molecular complexity index is 3400. The van der Waals surface area contributed by atoms with E-state index in [1.54, 1.807) is 41.5 Å². The predicted octanol–water partition coefficient (Wildman–Crippen LogP) is 9.31. The van der Waals surface area contributed by atoms with Crippen molar-refractivity contribution in [3.05, 3.63) is 90.6 Å². The topological polar surface area (TPSA) is 245 Å². The largest absolute Gasteiger partial charge is 0.517 e. The number of nitrogens with one attached hydrogen (secondary N) is 3. The van der Waals surface area contributed by atoms with Gasteiger partial charge in [-0.15, -0.1) is 34.0 Å². The number of Topliss-reactive ketones (excluding diaryl/α,β-unsaturated/α-hetero) is 1. The Labute approximate surface area is 428 Å². The van der Waals surface area contributed by atoms with Gasteiger partial charge < -0.3 is 9.53 Å². The maximum Gasteiger partial charge on any atom is 0.330 e. The molecule has 0 atom stereocenters. The molecule has 0 saturated carbocycles. The first-order chi connectivity index (χ1) is 30.6. The summed E-state index contributed by atoms with van der Waals surface area (Å²) in [6.07, 6.45) is 0.288. The number of carboxylic acids is 1. The van der Waals surface area contributed by atoms with Crippen LogP contribution in [0.1, 0.15) is 106 Å². The molecular formula is C44H57Br3N6O11S3Si. The van der Waals surface area contributed by atoms with E-state index >= 15 is 0 Å². The highest BCUT2D eigenvalue weighted by molar-refractivity contribution is 9.11. The number of aromatic nitrogens is 6. The highest BCUT2D eigenvalue weighted by Crippen LogP contribution is 2.38. The summed E-state index contributed by atoms with van der Waals surface area (Å²) in [6, 6.07) is 0. The number of hydrogen-bond acceptors (Lipinski definition) is 13. The summed E-state index contributed by atoms with van der Waals surface area (Å²) >= 11 is 13.9. The standard InChI is InChI=1S/C17H25BrN2O4SSi.C16H21BrN2O3S.C11H11BrN2O4S/c1-9-10-12(25-11(9)18)19-15(23)20(13(10)21)17(5,6)14(22)24-26(7,8)16(2,3)4;1-8-10-12(23-11(8)17)18-14(22)19(13(10)21)16(5,6)9(20)7-15(2,3)4;1-4-5-7(19-6(4)12)13-10(18)14(8(5)15)11(2,3)9(16)17/h1-8H3,(H,19,23);7H2,1-6H3,(H,18,22);1-3H3,(H,13,18)(H,16,17). The Morgan fingerprint density at radius 3 is 1.13 bits per heavy atom. The van der Waals surface area contributed by atoms with E-state index in [9.17, 15) is 48.3 Å². The Morgan fingerprint density at radius 1 is 0.559 bits per heavy atom. The summed E-state index contributed by atoms with van der Waals surface area (Å²) in [6.45, 7) is 30.2. The van der Waals surface area contributed by atoms with Gasteiger partial charge in [-0.1, -0.05) is 41.5 Å². The second-order valence-electron chi connectivity index (χ2n) is 20.6. The van der Waals surface area contributed by atoms with Crippen LogP contribution in [-0.2, 0) is 35.4 Å². The van der Waals surface area contributed by atoms with Crippen LogP contribution in [-0.4, -0.2) is 59.8 Å². The highest BCUT2D eigenvalue weighted by Gasteiger charge is 2.45. The first kappa shape index (κ1) is 56.8. The molecular weight excluding hydrogens is 1150 g/mol. The number of rotatable bonds is 8. The van der Waals surface area contributed by atoms with Gasteiger partial charge in [0.05, 0.1) is 27.5 Å². The number of nitrogens with zero attached hydrogens (tertiary/aromatic N) is 3. The molecule has 24 heteroatoms. The molecule has 0 aliphatic carbocycles. The number of H-pyrrole nitrogens is 3. The molecule has 0 aliphatic heterocycles. The quantitative estimate of drug-likeness (QED) is 0.105. The van der Waals surface area contributed by atoms with Crippen molar-refractivity contribution in [1.29, 1.82) is 0 Å². The number of thiophene rings is 3. The molecule has 0 saturated heterocycles. The lowest BCUT2D eigenvalue weighted by Crippen LogP contribution is -2.54. The average molecular weight is 1210 g/mol. The summed E-state index contributed by atoms with van der Waals surface area (Å²) in [5, 5.41) is 10.2. The molecule has 0 amide bonds. The van der Waals surface area contributed by atoms with E-state index in [2.05, 4.69) is 62.7 Å². The van der Waals surface area contributed by atoms with E-state index in [1.165, 1.54) is 47.9 Å². The molecule has 372 valence electrons. The molecule has 68 heavy (non-hydrogen) atoms. The van der Waals surface area contributed by atoms with Crippen molar-refractivity contribution >= 4 is 138 Å². The van der Waals surface area contributed by atoms with Crippen LogP contribution in [0.4, 0.5) is 0 Å². The zero-order valence-corrected chi connectivity index (χ0v) is 49.1. The second kappa shape index (κ2) is 19.4. The third-order valence-electron chi connectivity index (χ3n) is 12.0. The van der Waals surface area contributed by atoms with Crippen LogP contribution >= 0.6 is 81.8 Å². The Morgan fingerprint density at radius 2 is 0.853 bits per heavy atom. The first-order valence-electron chi connectivity index (χ1n) is 21.0. The van der Waals surface area contributed by atoms with Gasteiger partial charge in [0.15, 0.2) is 5.78 Å². The minimum atomic E-state index is -2.39. The molecule has 6 aromatic heterocycles. The normalized spacial score (nSPS) is 12.8. The van der Waals surface area contributed by atoms with Crippen molar-refractivity contribution in [1.82, 2.24) is 28.7 Å². The van der Waals surface area contributed by atoms with Crippen LogP contribution in [0.15, 0.2) is 40.1 Å². The van der Waals surface area contributed by atoms with E-state index in [0.717, 1.165) is 36.2 Å². The van der Waals surface area contributed by atoms with Crippen molar-refractivity contribution in [2.75, 3.05) is 0 Å². The fraction of sp³-hybridized carbons (Fsp3) is 0.523. The zero-order chi connectivity index (χ0) is 52.5. The molecule has 0 aliphatic rings. The number of ketones is 1. The summed E-state index contributed by atoms with van der Waals surface area (Å²) in [7, 11) is -2.39. The predicted molar refractivity (Wildman–Crippen MR) is 285 cm³/mol. The zero-order valence-electron chi connectivity index (χ0n) is 40.9. The summed E-state index contributed by atoms with van der Waals surface area (Å²) in [4.78, 5) is 122. The molecule has 6 heterocycles. The first-order valence-corrected chi connectivity index (χ1v) is 28.7. The smallest absolute Gasteiger partial charge is 0.330 e. The van der Waals surface area contributed by atoms with E-state index in [1.807, 2.05) is 61.6 Å². The number of carbonyl (C=O) groups is 3. The number of aliphatic carboxylic acids is 1. The van der Waals surface area contributed by atoms with Gasteiger partial charge in [0.2, 0.25) is 0 Å². The van der Waals surface area contributed by atoms with Crippen LogP contribution in [0, 0.1) is 26.2 Å². The molecule has 17 nitrogen and oxygen atoms in total. The molecule has 0 aromatic carbocycles. The van der Waals surface area contributed by atoms with Crippen LogP contribution in [0.3, 0.4) is 0 Å². The van der Waals surface area contributed by atoms with Crippen molar-refractivity contribution < 1.29 is 23.9 Å². The number of hydrogen-bond donors (Lipinski definition) is 4. The van der Waals surface area contributed by atoms with E-state index < -0.39 is 70.6 Å². The van der Waals surface area contributed by atoms with Crippen molar-refractivity contribution in [3.8, 4) is 0 Å². The molecule has 0 spiro atoms. The highest BCUT2D eigenvalue weighted by atomic mass is 79.9. The lowest BCUT2D eigenvalue weighted by Gasteiger charge is -2.38. The van der Waals surface area contributed by atoms with Gasteiger partial charge >= 0.3 is 29.0 Å². The maximum absolute atomic E-state index is 13.0. The SMILES string of the molecule is Cc1c(Br)sc2[nH]c(=O)n(C(C)(C)C(=O)CC(C)(C)C)c(=O)c12.Cc1c(Br)sc2[nH]c(=O)n(C(C)(C)C(=O)O)c(=O)c12.Cc1c(Br)sc2[nH]c(=O)n(C(C)(C)C(=O)O[Si](C)(C)C(C)(C)C)c(=O)c12. The summed E-state index contributed by atoms with van der Waals surface area (Å²) in [5.41, 5.74) is -5.63. The number of aryl methyl sites for hydroxylation is 3. The minimum absolute atomic E-state index is 0.135. The fourth-order valence-corrected chi connectivity index (χ4v) is 12.4. The van der Waals surface area contributed by atoms with Crippen LogP contribution in [0.5, 0.6) is 0 Å². The Hall–Kier alpha value is -3.81. The average Bonchev–Trinajstić information content (AvgIpc) is 3.73. The lowest BCUT2D eigenvalue weighted by atomic mass is 9.83. The van der Waals surface area contributed by atoms with Crippen LogP contribution in [0.2, 0.25) is 18.1 Å². The van der Waals surface area contributed by atoms with E-state index in [0.29, 0.717) is 36.2 Å². The van der Waals surface area contributed by atoms with Crippen molar-refractivity contribution in [2.24, 2.45) is 5.41 Å². The molecule has 4 N–H and O–H groups in total. The van der Waals surface area contributed by atoms with Crippen molar-refractivity contribution in [3.63, 3.8) is 0 Å². The van der Waals surface area contributed by atoms with Gasteiger partial charge in [-0.3, -0.25) is 38.9 Å². The lowest BCUT2D eigenvalue weighted by molar-refractivity contribution is -0.146. The number of halogens is 3. The monoisotopic (exact) mass is 1210 g/mol. The number of carboxylic acid groups (broad SMARTS) is 1. The molecule has 0 bridgehead atoms. The summed E-state index contributed by atoms with van der Waals surface area (Å²) < 4.78 is 10.9. The minimum Gasteiger partial charge on any atom is -0.517 e. The Balaban J connectivity index is 0.000000225. The third-order valence-corrected chi connectivity index (χ3v) is 22.6. The number of fused-ring (bicyclic) bond motifs is 3. The number of aromatic amines is 3. The van der Waals surface area contributed by atoms with Gasteiger partial charge in [0.25, 0.3) is 25.0 Å². The van der Waals surface area contributed by atoms with E-state index in [-0.39, 0.29) is 22.7 Å². The molecule has 0 radical (unpaired) electrons. The van der Waals surface area contributed by atoms with Gasteiger partial charge in [-0.25, -0.2) is 32.9 Å². The molecule has 0 unspecified atom stereocenters. The van der Waals surface area contributed by atoms with E-state index in [4.69, 9.17) is 4.43 Å². The van der Waals surface area contributed by atoms with Gasteiger partial charge in [0, 0.05) is 6.42 Å². The number of carbonyl (C=O) groups excluding carboxylic acids is 2. The van der Waals surface area contributed by atoms with Crippen molar-refractivity contribution in [2.45, 2.75) is 145 Å². The summed E-state index contributed by atoms with van der Waals surface area (Å²) in [5.74, 6) is -1.95. The second-order valence-corrected chi connectivity index (χ2v) is 32.4. The molecule has 6 aromatic rings. The van der Waals surface area contributed by atoms with Crippen LogP contribution in [0.25, 0.3) is 30.6 Å². The van der Waals surface area contributed by atoms with Gasteiger partial charge in [0.1, 0.15) is 31.1 Å². The van der Waals surface area contributed by atoms with Crippen LogP contribution < -0.4 is 33.7 Å². The van der Waals surface area contributed by atoms with Gasteiger partial charge in [-0.2, -0.15) is 0 Å². The Kier molecular flexibility index (Phi) is 16.2. The third kappa shape index (κ3) is 10.7. The fourth-order valence-electron chi connectivity index (χ4n) is 6.61. The van der Waals surface area contributed by atoms with Gasteiger partial charge in [-0.05, 0) is 150 Å². The maximum atomic E-state index is 13.0. The molecule has 0 fully saturated rings. The molecule has 6 rings (SSSR count).